The topological polar surface area (TPSA) is 190 Å². The van der Waals surface area contributed by atoms with Gasteiger partial charge in [0.25, 0.3) is 0 Å². The van der Waals surface area contributed by atoms with Gasteiger partial charge in [0.15, 0.2) is 27.3 Å². The van der Waals surface area contributed by atoms with Gasteiger partial charge in [-0.15, -0.1) is 0 Å². The minimum atomic E-state index is -4.32. The molecule has 11 nitrogen and oxygen atoms in total. The number of H-pyrrole nitrogens is 1. The van der Waals surface area contributed by atoms with Gasteiger partial charge in [0.1, 0.15) is 16.4 Å². The first-order valence-corrected chi connectivity index (χ1v) is 12.4. The zero-order valence-electron chi connectivity index (χ0n) is 19.2. The summed E-state index contributed by atoms with van der Waals surface area (Å²) in [6.07, 6.45) is 2.00. The van der Waals surface area contributed by atoms with Gasteiger partial charge < -0.3 is 10.8 Å². The molecule has 0 spiro atoms. The van der Waals surface area contributed by atoms with E-state index in [9.17, 15) is 36.4 Å². The number of aromatic nitrogens is 3. The summed E-state index contributed by atoms with van der Waals surface area (Å²) in [7, 11) is -4.32. The van der Waals surface area contributed by atoms with Crippen LogP contribution in [0.5, 0.6) is 0 Å². The molecule has 194 valence electrons. The lowest BCUT2D eigenvalue weighted by molar-refractivity contribution is -0.141. The summed E-state index contributed by atoms with van der Waals surface area (Å²) in [4.78, 5) is 51.0. The monoisotopic (exact) mass is 542 g/mol. The first-order chi connectivity index (χ1) is 17.8. The van der Waals surface area contributed by atoms with Crippen molar-refractivity contribution in [3.63, 3.8) is 0 Å². The summed E-state index contributed by atoms with van der Waals surface area (Å²) in [6, 6.07) is 6.40. The van der Waals surface area contributed by atoms with Crippen LogP contribution in [0.15, 0.2) is 53.6 Å². The van der Waals surface area contributed by atoms with Gasteiger partial charge in [-0.2, -0.15) is 5.10 Å². The van der Waals surface area contributed by atoms with Crippen molar-refractivity contribution in [3.05, 3.63) is 77.1 Å². The summed E-state index contributed by atoms with van der Waals surface area (Å²) in [5, 5.41) is 15.3. The first-order valence-electron chi connectivity index (χ1n) is 10.6. The van der Waals surface area contributed by atoms with Gasteiger partial charge in [-0.3, -0.25) is 24.3 Å². The van der Waals surface area contributed by atoms with Crippen molar-refractivity contribution in [3.8, 4) is 11.1 Å². The van der Waals surface area contributed by atoms with Gasteiger partial charge in [0.05, 0.1) is 10.9 Å². The Morgan fingerprint density at radius 3 is 2.29 bits per heavy atom. The Morgan fingerprint density at radius 1 is 1.03 bits per heavy atom. The molecule has 0 aliphatic heterocycles. The van der Waals surface area contributed by atoms with E-state index < -0.39 is 61.3 Å². The third-order valence-corrected chi connectivity index (χ3v) is 6.67. The molecule has 0 amide bonds. The molecule has 14 heteroatoms. The Bertz CT molecular complexity index is 1770. The number of ketones is 3. The number of carbonyl (C=O) groups is 4. The molecule has 0 saturated carbocycles. The molecular weight excluding hydrogens is 526 g/mol. The van der Waals surface area contributed by atoms with Crippen LogP contribution in [0, 0.1) is 11.6 Å². The fraction of sp³-hybridized carbons (Fsp3) is 0.0833. The van der Waals surface area contributed by atoms with Crippen LogP contribution in [-0.4, -0.2) is 64.3 Å². The number of nitrogens with two attached hydrogens (primary N) is 1. The maximum Gasteiger partial charge on any atom is 0.328 e. The smallest absolute Gasteiger partial charge is 0.328 e. The normalized spacial score (nSPS) is 12.3. The molecule has 0 bridgehead atoms. The van der Waals surface area contributed by atoms with Crippen LogP contribution in [0.2, 0.25) is 0 Å². The van der Waals surface area contributed by atoms with E-state index in [0.29, 0.717) is 23.4 Å². The second-order valence-corrected chi connectivity index (χ2v) is 10.1. The molecule has 0 fully saturated rings. The lowest BCUT2D eigenvalue weighted by Crippen LogP contribution is -2.42. The highest BCUT2D eigenvalue weighted by molar-refractivity contribution is 7.90. The van der Waals surface area contributed by atoms with E-state index in [0.717, 1.165) is 6.07 Å². The molecule has 2 heterocycles. The Balaban J connectivity index is 1.70. The maximum absolute atomic E-state index is 14.9. The van der Waals surface area contributed by atoms with Crippen molar-refractivity contribution in [1.82, 2.24) is 15.2 Å². The van der Waals surface area contributed by atoms with Crippen LogP contribution in [0.1, 0.15) is 26.4 Å². The lowest BCUT2D eigenvalue weighted by atomic mass is 9.99. The van der Waals surface area contributed by atoms with Crippen molar-refractivity contribution in [2.24, 2.45) is 5.73 Å². The fourth-order valence-electron chi connectivity index (χ4n) is 3.62. The quantitative estimate of drug-likeness (QED) is 0.168. The summed E-state index contributed by atoms with van der Waals surface area (Å²) in [5.74, 6) is -7.89. The van der Waals surface area contributed by atoms with E-state index in [-0.39, 0.29) is 22.3 Å². The molecule has 0 radical (unpaired) electrons. The first kappa shape index (κ1) is 26.4. The number of aromatic amines is 1. The standard InChI is InChI=1S/C24H16F2N4O7S/c1-38(36,37)22-15(25)7-6-13(16(22)26)20(32)18-14-8-12(9-28-23(14)30-29-18)10-2-4-11(5-3-10)19(31)21(33)17(27)24(34)35/h2-9,17H,27H2,1H3,(H,34,35)(H,28,29,30)/t17-/m0/s1. The van der Waals surface area contributed by atoms with Crippen LogP contribution < -0.4 is 5.73 Å². The number of carbonyl (C=O) groups excluding carboxylic acids is 3. The van der Waals surface area contributed by atoms with E-state index >= 15 is 0 Å². The largest absolute Gasteiger partial charge is 0.480 e. The third kappa shape index (κ3) is 4.69. The predicted molar refractivity (Wildman–Crippen MR) is 127 cm³/mol. The van der Waals surface area contributed by atoms with E-state index in [4.69, 9.17) is 10.8 Å². The highest BCUT2D eigenvalue weighted by Gasteiger charge is 2.29. The van der Waals surface area contributed by atoms with Crippen LogP contribution in [0.4, 0.5) is 8.78 Å². The second kappa shape index (κ2) is 9.64. The lowest BCUT2D eigenvalue weighted by Gasteiger charge is -2.08. The molecule has 4 aromatic rings. The van der Waals surface area contributed by atoms with E-state index in [1.165, 1.54) is 36.5 Å². The zero-order chi connectivity index (χ0) is 27.9. The van der Waals surface area contributed by atoms with Crippen LogP contribution in [0.25, 0.3) is 22.2 Å². The number of benzene rings is 2. The van der Waals surface area contributed by atoms with Crippen molar-refractivity contribution in [2.45, 2.75) is 10.9 Å². The van der Waals surface area contributed by atoms with Crippen LogP contribution >= 0.6 is 0 Å². The Kier molecular flexibility index (Phi) is 6.69. The number of carboxylic acids is 1. The number of hydrogen-bond acceptors (Lipinski definition) is 9. The average Bonchev–Trinajstić information content (AvgIpc) is 3.29. The van der Waals surface area contributed by atoms with Gasteiger partial charge in [0.2, 0.25) is 17.3 Å². The van der Waals surface area contributed by atoms with Gasteiger partial charge in [-0.05, 0) is 23.8 Å². The number of halogens is 2. The van der Waals surface area contributed by atoms with E-state index in [1.54, 1.807) is 0 Å². The third-order valence-electron chi connectivity index (χ3n) is 5.55. The SMILES string of the molecule is CS(=O)(=O)c1c(F)ccc(C(=O)c2[nH]nc3ncc(-c4ccc(C(=O)C(=O)[C@H](N)C(=O)O)cc4)cc23)c1F. The van der Waals surface area contributed by atoms with Gasteiger partial charge >= 0.3 is 5.97 Å². The van der Waals surface area contributed by atoms with Crippen molar-refractivity contribution >= 4 is 44.2 Å². The van der Waals surface area contributed by atoms with Gasteiger partial charge in [-0.1, -0.05) is 24.3 Å². The second-order valence-electron chi connectivity index (χ2n) is 8.12. The predicted octanol–water partition coefficient (Wildman–Crippen LogP) is 1.70. The molecule has 0 aliphatic carbocycles. The number of Topliss-reactive ketones (excluding diaryl/α,β-unsaturated/α-hetero) is 2. The summed E-state index contributed by atoms with van der Waals surface area (Å²) in [5.41, 5.74) is 5.12. The molecule has 2 aromatic carbocycles. The minimum Gasteiger partial charge on any atom is -0.480 e. The van der Waals surface area contributed by atoms with Gasteiger partial charge in [0, 0.05) is 23.6 Å². The number of rotatable bonds is 8. The molecule has 2 aromatic heterocycles. The highest BCUT2D eigenvalue weighted by atomic mass is 32.2. The number of hydrogen-bond donors (Lipinski definition) is 3. The van der Waals surface area contributed by atoms with E-state index in [2.05, 4.69) is 15.2 Å². The number of carboxylic acid groups (broad SMARTS) is 1. The molecule has 38 heavy (non-hydrogen) atoms. The van der Waals surface area contributed by atoms with Crippen LogP contribution in [0.3, 0.4) is 0 Å². The van der Waals surface area contributed by atoms with Crippen molar-refractivity contribution in [1.29, 1.82) is 0 Å². The average molecular weight is 542 g/mol. The number of fused-ring (bicyclic) bond motifs is 1. The van der Waals surface area contributed by atoms with Gasteiger partial charge in [-0.25, -0.2) is 22.2 Å². The number of nitrogens with zero attached hydrogens (tertiary/aromatic N) is 2. The minimum absolute atomic E-state index is 0.0722. The molecule has 4 rings (SSSR count). The summed E-state index contributed by atoms with van der Waals surface area (Å²) in [6.45, 7) is 0. The number of aliphatic carboxylic acids is 1. The maximum atomic E-state index is 14.9. The Hall–Kier alpha value is -4.69. The molecule has 0 unspecified atom stereocenters. The van der Waals surface area contributed by atoms with Crippen molar-refractivity contribution < 1.29 is 41.5 Å². The highest BCUT2D eigenvalue weighted by Crippen LogP contribution is 2.28. The number of nitrogens with one attached hydrogen (secondary N) is 1. The summed E-state index contributed by atoms with van der Waals surface area (Å²) >= 11 is 0. The Labute approximate surface area is 212 Å². The Morgan fingerprint density at radius 2 is 1.68 bits per heavy atom. The molecule has 4 N–H and O–H groups in total. The fourth-order valence-corrected chi connectivity index (χ4v) is 4.48. The van der Waals surface area contributed by atoms with Crippen LogP contribution in [-0.2, 0) is 19.4 Å². The molecule has 1 atom stereocenters. The number of pyridine rings is 1. The molecule has 0 saturated heterocycles. The number of sulfone groups is 1. The summed E-state index contributed by atoms with van der Waals surface area (Å²) < 4.78 is 52.5. The zero-order valence-corrected chi connectivity index (χ0v) is 20.0. The van der Waals surface area contributed by atoms with Crippen molar-refractivity contribution in [2.75, 3.05) is 6.26 Å². The molecular formula is C24H16F2N4O7S. The molecule has 0 aliphatic rings. The van der Waals surface area contributed by atoms with E-state index in [1.807, 2.05) is 0 Å².